The van der Waals surface area contributed by atoms with Crippen molar-refractivity contribution in [2.24, 2.45) is 93.7 Å². The number of hydrogen-bond acceptors (Lipinski definition) is 8. The van der Waals surface area contributed by atoms with Crippen LogP contribution in [0.4, 0.5) is 0 Å². The molecule has 2 aliphatic heterocycles. The zero-order valence-corrected chi connectivity index (χ0v) is 28.9. The third kappa shape index (κ3) is 4.14. The molecule has 10 aliphatic rings. The smallest absolute Gasteiger partial charge is 0.317 e. The Balaban J connectivity index is 1.08. The molecule has 0 aromatic carbocycles. The van der Waals surface area contributed by atoms with Gasteiger partial charge >= 0.3 is 23.9 Å². The normalized spacial score (nSPS) is 53.4. The van der Waals surface area contributed by atoms with Crippen molar-refractivity contribution in [3.63, 3.8) is 0 Å². The largest absolute Gasteiger partial charge is 0.465 e. The van der Waals surface area contributed by atoms with Crippen LogP contribution >= 0.6 is 0 Å². The SMILES string of the molecule is CC1C(=O)OC(=O)C1C1C2CCC(C2)C1C(C)(CC1C(C)C2CC1C1COC(=O)C21)C(=O)OC(C)(C)C12CC3CC(CC(O)(C3)C1)C2. The second kappa shape index (κ2) is 9.84. The lowest BCUT2D eigenvalue weighted by atomic mass is 9.44. The number of fused-ring (bicyclic) bond motifs is 7. The van der Waals surface area contributed by atoms with E-state index < -0.39 is 40.4 Å². The molecule has 8 nitrogen and oxygen atoms in total. The fraction of sp³-hybridized carbons (Fsp3) is 0.897. The molecule has 15 unspecified atom stereocenters. The van der Waals surface area contributed by atoms with Crippen LogP contribution in [0.5, 0.6) is 0 Å². The number of rotatable bonds is 7. The van der Waals surface area contributed by atoms with Crippen LogP contribution in [0, 0.1) is 93.7 Å². The maximum atomic E-state index is 15.3. The number of cyclic esters (lactones) is 3. The van der Waals surface area contributed by atoms with Gasteiger partial charge in [-0.2, -0.15) is 0 Å². The Labute approximate surface area is 278 Å². The van der Waals surface area contributed by atoms with Crippen LogP contribution in [0.3, 0.4) is 0 Å². The molecule has 10 fully saturated rings. The number of aliphatic hydroxyl groups is 1. The number of esters is 4. The highest BCUT2D eigenvalue weighted by Gasteiger charge is 2.69. The summed E-state index contributed by atoms with van der Waals surface area (Å²) in [5, 5.41) is 11.6. The summed E-state index contributed by atoms with van der Waals surface area (Å²) in [6.45, 7) is 10.9. The van der Waals surface area contributed by atoms with Crippen molar-refractivity contribution >= 4 is 23.9 Å². The van der Waals surface area contributed by atoms with Gasteiger partial charge in [-0.05, 0) is 151 Å². The van der Waals surface area contributed by atoms with Gasteiger partial charge in [-0.25, -0.2) is 0 Å². The van der Waals surface area contributed by atoms with Gasteiger partial charge in [0.05, 0.1) is 35.4 Å². The summed E-state index contributed by atoms with van der Waals surface area (Å²) in [5.41, 5.74) is -2.53. The second-order valence-corrected chi connectivity index (χ2v) is 19.4. The van der Waals surface area contributed by atoms with Crippen molar-refractivity contribution in [2.75, 3.05) is 6.61 Å². The number of carbonyl (C=O) groups excluding carboxylic acids is 4. The highest BCUT2D eigenvalue weighted by atomic mass is 16.6. The Morgan fingerprint density at radius 3 is 2.23 bits per heavy atom. The Morgan fingerprint density at radius 2 is 1.57 bits per heavy atom. The molecule has 15 atom stereocenters. The molecule has 8 heteroatoms. The maximum absolute atomic E-state index is 15.3. The van der Waals surface area contributed by atoms with E-state index in [-0.39, 0.29) is 58.8 Å². The summed E-state index contributed by atoms with van der Waals surface area (Å²) in [5.74, 6) is 0.629. The summed E-state index contributed by atoms with van der Waals surface area (Å²) in [4.78, 5) is 54.1. The van der Waals surface area contributed by atoms with Crippen molar-refractivity contribution in [3.05, 3.63) is 0 Å². The molecule has 47 heavy (non-hydrogen) atoms. The minimum atomic E-state index is -0.866. The van der Waals surface area contributed by atoms with Crippen LogP contribution in [0.1, 0.15) is 105 Å². The van der Waals surface area contributed by atoms with E-state index in [1.807, 2.05) is 6.92 Å². The third-order valence-corrected chi connectivity index (χ3v) is 16.9. The molecule has 0 aromatic rings. The molecule has 10 rings (SSSR count). The fourth-order valence-electron chi connectivity index (χ4n) is 15.3. The molecule has 2 saturated heterocycles. The van der Waals surface area contributed by atoms with Crippen LogP contribution < -0.4 is 0 Å². The lowest BCUT2D eigenvalue weighted by molar-refractivity contribution is -0.239. The Morgan fingerprint density at radius 1 is 0.872 bits per heavy atom. The average Bonchev–Trinajstić information content (AvgIpc) is 3.81. The van der Waals surface area contributed by atoms with Gasteiger partial charge in [-0.3, -0.25) is 19.2 Å². The Bertz CT molecular complexity index is 1400. The van der Waals surface area contributed by atoms with Crippen LogP contribution in [0.25, 0.3) is 0 Å². The topological polar surface area (TPSA) is 116 Å². The third-order valence-electron chi connectivity index (χ3n) is 16.9. The van der Waals surface area contributed by atoms with E-state index in [1.54, 1.807) is 0 Å². The van der Waals surface area contributed by atoms with Crippen molar-refractivity contribution in [3.8, 4) is 0 Å². The zero-order valence-electron chi connectivity index (χ0n) is 28.9. The molecule has 0 spiro atoms. The monoisotopic (exact) mass is 650 g/mol. The van der Waals surface area contributed by atoms with E-state index in [4.69, 9.17) is 14.2 Å². The molecule has 0 aromatic heterocycles. The van der Waals surface area contributed by atoms with Gasteiger partial charge in [0.25, 0.3) is 0 Å². The van der Waals surface area contributed by atoms with Crippen molar-refractivity contribution in [2.45, 2.75) is 116 Å². The zero-order chi connectivity index (χ0) is 33.0. The minimum absolute atomic E-state index is 0.0133. The van der Waals surface area contributed by atoms with Gasteiger partial charge in [0.1, 0.15) is 5.60 Å². The van der Waals surface area contributed by atoms with Crippen molar-refractivity contribution in [1.82, 2.24) is 0 Å². The molecule has 1 N–H and O–H groups in total. The number of ether oxygens (including phenoxy) is 3. The van der Waals surface area contributed by atoms with Crippen LogP contribution in [0.2, 0.25) is 0 Å². The first-order chi connectivity index (χ1) is 22.1. The summed E-state index contributed by atoms with van der Waals surface area (Å²) in [6.07, 6.45) is 10.3. The molecule has 8 aliphatic carbocycles. The maximum Gasteiger partial charge on any atom is 0.317 e. The van der Waals surface area contributed by atoms with E-state index in [0.717, 1.165) is 51.4 Å². The molecule has 258 valence electrons. The van der Waals surface area contributed by atoms with Crippen LogP contribution in [-0.4, -0.2) is 46.8 Å². The number of carbonyl (C=O) groups is 4. The summed E-state index contributed by atoms with van der Waals surface area (Å²) >= 11 is 0. The van der Waals surface area contributed by atoms with Crippen LogP contribution in [0.15, 0.2) is 0 Å². The fourth-order valence-corrected chi connectivity index (χ4v) is 15.3. The highest BCUT2D eigenvalue weighted by molar-refractivity contribution is 5.96. The first kappa shape index (κ1) is 31.1. The highest BCUT2D eigenvalue weighted by Crippen LogP contribution is 2.69. The van der Waals surface area contributed by atoms with Gasteiger partial charge in [-0.1, -0.05) is 13.8 Å². The van der Waals surface area contributed by atoms with E-state index in [2.05, 4.69) is 27.7 Å². The first-order valence-electron chi connectivity index (χ1n) is 19.0. The molecular weight excluding hydrogens is 596 g/mol. The van der Waals surface area contributed by atoms with E-state index in [0.29, 0.717) is 49.0 Å². The van der Waals surface area contributed by atoms with E-state index in [1.165, 1.54) is 6.42 Å². The van der Waals surface area contributed by atoms with E-state index in [9.17, 15) is 19.5 Å². The molecule has 2 heterocycles. The lowest BCUT2D eigenvalue weighted by Crippen LogP contribution is -2.63. The lowest BCUT2D eigenvalue weighted by Gasteiger charge is -2.64. The molecule has 8 saturated carbocycles. The Kier molecular flexibility index (Phi) is 6.50. The second-order valence-electron chi connectivity index (χ2n) is 19.4. The summed E-state index contributed by atoms with van der Waals surface area (Å²) in [6, 6.07) is 0. The predicted octanol–water partition coefficient (Wildman–Crippen LogP) is 5.73. The standard InChI is InChI=1S/C39H54O8/c1-18-24-10-25(27-16-45-33(41)30(24)27)26(18)15-37(5,31-23-7-6-22(9-23)29(31)28-19(2)32(40)46-34(28)42)35(43)47-36(3,4)38-11-20-8-21(12-38)14-39(44,13-20)17-38/h18-31,44H,6-17H2,1-5H3. The van der Waals surface area contributed by atoms with Crippen molar-refractivity contribution in [1.29, 1.82) is 0 Å². The molecule has 0 amide bonds. The van der Waals surface area contributed by atoms with Gasteiger partial charge in [0.2, 0.25) is 0 Å². The summed E-state index contributed by atoms with van der Waals surface area (Å²) in [7, 11) is 0. The Hall–Kier alpha value is -1.96. The van der Waals surface area contributed by atoms with Crippen molar-refractivity contribution < 1.29 is 38.5 Å². The van der Waals surface area contributed by atoms with Gasteiger partial charge in [-0.15, -0.1) is 0 Å². The number of hydrogen-bond donors (Lipinski definition) is 1. The van der Waals surface area contributed by atoms with Crippen LogP contribution in [-0.2, 0) is 33.4 Å². The van der Waals surface area contributed by atoms with E-state index >= 15 is 4.79 Å². The summed E-state index contributed by atoms with van der Waals surface area (Å²) < 4.78 is 17.8. The first-order valence-corrected chi connectivity index (χ1v) is 19.0. The minimum Gasteiger partial charge on any atom is -0.465 e. The molecule has 8 bridgehead atoms. The quantitative estimate of drug-likeness (QED) is 0.211. The predicted molar refractivity (Wildman–Crippen MR) is 169 cm³/mol. The average molecular weight is 651 g/mol. The van der Waals surface area contributed by atoms with Gasteiger partial charge in [0, 0.05) is 11.3 Å². The van der Waals surface area contributed by atoms with Gasteiger partial charge in [0.15, 0.2) is 0 Å². The van der Waals surface area contributed by atoms with Gasteiger partial charge < -0.3 is 19.3 Å². The molecule has 0 radical (unpaired) electrons. The molecular formula is C39H54O8.